The summed E-state index contributed by atoms with van der Waals surface area (Å²) in [7, 11) is 1.74. The minimum absolute atomic E-state index is 0. The Morgan fingerprint density at radius 1 is 1.14 bits per heavy atom. The lowest BCUT2D eigenvalue weighted by molar-refractivity contribution is 0.136. The molecule has 0 aliphatic heterocycles. The second-order valence-electron chi connectivity index (χ2n) is 4.77. The van der Waals surface area contributed by atoms with Crippen molar-refractivity contribution >= 4 is 29.9 Å². The van der Waals surface area contributed by atoms with Crippen LogP contribution in [0.2, 0.25) is 0 Å². The molecule has 0 saturated heterocycles. The maximum Gasteiger partial charge on any atom is 0.191 e. The van der Waals surface area contributed by atoms with Gasteiger partial charge in [0.25, 0.3) is 0 Å². The highest BCUT2D eigenvalue weighted by Crippen LogP contribution is 2.02. The topological polar surface area (TPSA) is 45.6 Å². The first-order chi connectivity index (χ1) is 10.3. The second kappa shape index (κ2) is 13.8. The molecule has 1 aromatic carbocycles. The van der Waals surface area contributed by atoms with Gasteiger partial charge in [0, 0.05) is 26.7 Å². The van der Waals surface area contributed by atoms with Crippen LogP contribution in [0.4, 0.5) is 4.39 Å². The number of nitrogens with one attached hydrogen (secondary N) is 2. The molecule has 0 amide bonds. The van der Waals surface area contributed by atoms with Gasteiger partial charge in [0.15, 0.2) is 5.96 Å². The Hall–Kier alpha value is -0.890. The molecular formula is C16H27FIN3O. The van der Waals surface area contributed by atoms with E-state index in [1.807, 2.05) is 0 Å². The summed E-state index contributed by atoms with van der Waals surface area (Å²) in [4.78, 5) is 4.15. The van der Waals surface area contributed by atoms with Crippen molar-refractivity contribution in [2.24, 2.45) is 4.99 Å². The summed E-state index contributed by atoms with van der Waals surface area (Å²) in [5, 5.41) is 6.42. The van der Waals surface area contributed by atoms with E-state index < -0.39 is 0 Å². The zero-order valence-electron chi connectivity index (χ0n) is 13.4. The van der Waals surface area contributed by atoms with Crippen LogP contribution in [0.15, 0.2) is 29.3 Å². The molecule has 6 heteroatoms. The standard InChI is InChI=1S/C16H26FN3O.HI/c1-3-4-12-21-13-11-20-16(18-2)19-10-9-14-5-7-15(17)8-6-14;/h5-8H,3-4,9-13H2,1-2H3,(H2,18,19,20);1H. The maximum atomic E-state index is 12.8. The lowest BCUT2D eigenvalue weighted by Gasteiger charge is -2.12. The third-order valence-electron chi connectivity index (χ3n) is 3.02. The Morgan fingerprint density at radius 2 is 1.82 bits per heavy atom. The largest absolute Gasteiger partial charge is 0.380 e. The van der Waals surface area contributed by atoms with Crippen LogP contribution >= 0.6 is 24.0 Å². The van der Waals surface area contributed by atoms with E-state index in [1.165, 1.54) is 12.1 Å². The Kier molecular flexibility index (Phi) is 13.2. The van der Waals surface area contributed by atoms with Gasteiger partial charge in [-0.3, -0.25) is 4.99 Å². The molecule has 0 bridgehead atoms. The van der Waals surface area contributed by atoms with Crippen molar-refractivity contribution in [2.45, 2.75) is 26.2 Å². The van der Waals surface area contributed by atoms with Crippen LogP contribution in [0.3, 0.4) is 0 Å². The fourth-order valence-electron chi connectivity index (χ4n) is 1.79. The molecule has 0 fully saturated rings. The number of ether oxygens (including phenoxy) is 1. The predicted octanol–water partition coefficient (Wildman–Crippen LogP) is 2.97. The third kappa shape index (κ3) is 9.94. The Balaban J connectivity index is 0.00000441. The van der Waals surface area contributed by atoms with Gasteiger partial charge in [-0.1, -0.05) is 25.5 Å². The molecule has 0 saturated carbocycles. The highest BCUT2D eigenvalue weighted by atomic mass is 127. The number of unbranched alkanes of at least 4 members (excludes halogenated alkanes) is 1. The molecule has 0 aromatic heterocycles. The van der Waals surface area contributed by atoms with Crippen molar-refractivity contribution in [1.82, 2.24) is 10.6 Å². The lowest BCUT2D eigenvalue weighted by atomic mass is 10.1. The second-order valence-corrected chi connectivity index (χ2v) is 4.77. The third-order valence-corrected chi connectivity index (χ3v) is 3.02. The summed E-state index contributed by atoms with van der Waals surface area (Å²) in [6, 6.07) is 6.57. The number of halogens is 2. The number of hydrogen-bond donors (Lipinski definition) is 2. The first-order valence-electron chi connectivity index (χ1n) is 7.53. The van der Waals surface area contributed by atoms with Crippen molar-refractivity contribution in [3.63, 3.8) is 0 Å². The van der Waals surface area contributed by atoms with E-state index in [4.69, 9.17) is 4.74 Å². The summed E-state index contributed by atoms with van der Waals surface area (Å²) < 4.78 is 18.3. The monoisotopic (exact) mass is 423 g/mol. The van der Waals surface area contributed by atoms with Crippen LogP contribution in [0, 0.1) is 5.82 Å². The molecule has 0 spiro atoms. The van der Waals surface area contributed by atoms with E-state index >= 15 is 0 Å². The van der Waals surface area contributed by atoms with Crippen molar-refractivity contribution < 1.29 is 9.13 Å². The van der Waals surface area contributed by atoms with E-state index in [9.17, 15) is 4.39 Å². The van der Waals surface area contributed by atoms with Gasteiger partial charge in [0.1, 0.15) is 5.82 Å². The summed E-state index contributed by atoms with van der Waals surface area (Å²) >= 11 is 0. The molecule has 22 heavy (non-hydrogen) atoms. The smallest absolute Gasteiger partial charge is 0.191 e. The van der Waals surface area contributed by atoms with Crippen LogP contribution in [-0.4, -0.2) is 39.3 Å². The molecule has 0 aliphatic carbocycles. The fraction of sp³-hybridized carbons (Fsp3) is 0.562. The number of nitrogens with zero attached hydrogens (tertiary/aromatic N) is 1. The van der Waals surface area contributed by atoms with Crippen molar-refractivity contribution in [3.05, 3.63) is 35.6 Å². The van der Waals surface area contributed by atoms with Gasteiger partial charge in [0.2, 0.25) is 0 Å². The number of hydrogen-bond acceptors (Lipinski definition) is 2. The SMILES string of the molecule is CCCCOCCNC(=NC)NCCc1ccc(F)cc1.I. The molecule has 126 valence electrons. The zero-order chi connectivity index (χ0) is 15.3. The highest BCUT2D eigenvalue weighted by Gasteiger charge is 1.98. The molecule has 0 atom stereocenters. The summed E-state index contributed by atoms with van der Waals surface area (Å²) in [5.41, 5.74) is 1.10. The minimum Gasteiger partial charge on any atom is -0.380 e. The van der Waals surface area contributed by atoms with Gasteiger partial charge >= 0.3 is 0 Å². The lowest BCUT2D eigenvalue weighted by Crippen LogP contribution is -2.39. The quantitative estimate of drug-likeness (QED) is 0.278. The molecule has 2 N–H and O–H groups in total. The van der Waals surface area contributed by atoms with Gasteiger partial charge in [-0.25, -0.2) is 4.39 Å². The van der Waals surface area contributed by atoms with Gasteiger partial charge < -0.3 is 15.4 Å². The fourth-order valence-corrected chi connectivity index (χ4v) is 1.79. The summed E-state index contributed by atoms with van der Waals surface area (Å²) in [6.45, 7) is 5.13. The van der Waals surface area contributed by atoms with Gasteiger partial charge in [-0.05, 0) is 30.5 Å². The van der Waals surface area contributed by atoms with Crippen LogP contribution in [0.25, 0.3) is 0 Å². The molecule has 1 rings (SSSR count). The van der Waals surface area contributed by atoms with Crippen LogP contribution in [-0.2, 0) is 11.2 Å². The number of rotatable bonds is 9. The molecular weight excluding hydrogens is 396 g/mol. The normalized spacial score (nSPS) is 11.0. The van der Waals surface area contributed by atoms with Crippen LogP contribution in [0.1, 0.15) is 25.3 Å². The first-order valence-corrected chi connectivity index (χ1v) is 7.53. The first kappa shape index (κ1) is 21.1. The summed E-state index contributed by atoms with van der Waals surface area (Å²) in [6.07, 6.45) is 3.08. The Labute approximate surface area is 149 Å². The molecule has 4 nitrogen and oxygen atoms in total. The molecule has 1 aromatic rings. The molecule has 0 unspecified atom stereocenters. The van der Waals surface area contributed by atoms with E-state index in [-0.39, 0.29) is 29.8 Å². The Bertz CT molecular complexity index is 412. The van der Waals surface area contributed by atoms with Gasteiger partial charge in [0.05, 0.1) is 6.61 Å². The highest BCUT2D eigenvalue weighted by molar-refractivity contribution is 14.0. The van der Waals surface area contributed by atoms with Crippen molar-refractivity contribution in [1.29, 1.82) is 0 Å². The minimum atomic E-state index is -0.202. The van der Waals surface area contributed by atoms with E-state index in [2.05, 4.69) is 22.5 Å². The number of guanidine groups is 1. The Morgan fingerprint density at radius 3 is 2.45 bits per heavy atom. The van der Waals surface area contributed by atoms with E-state index in [0.29, 0.717) is 6.61 Å². The van der Waals surface area contributed by atoms with Crippen molar-refractivity contribution in [2.75, 3.05) is 33.4 Å². The maximum absolute atomic E-state index is 12.8. The number of aliphatic imine (C=N–C) groups is 1. The molecule has 0 heterocycles. The summed E-state index contributed by atoms with van der Waals surface area (Å²) in [5.74, 6) is 0.559. The van der Waals surface area contributed by atoms with Crippen molar-refractivity contribution in [3.8, 4) is 0 Å². The molecule has 0 aliphatic rings. The molecule has 0 radical (unpaired) electrons. The average Bonchev–Trinajstić information content (AvgIpc) is 2.50. The number of benzene rings is 1. The predicted molar refractivity (Wildman–Crippen MR) is 101 cm³/mol. The average molecular weight is 423 g/mol. The van der Waals surface area contributed by atoms with E-state index in [0.717, 1.165) is 50.5 Å². The van der Waals surface area contributed by atoms with Crippen LogP contribution in [0.5, 0.6) is 0 Å². The zero-order valence-corrected chi connectivity index (χ0v) is 15.7. The van der Waals surface area contributed by atoms with E-state index in [1.54, 1.807) is 19.2 Å². The van der Waals surface area contributed by atoms with Gasteiger partial charge in [-0.2, -0.15) is 0 Å². The van der Waals surface area contributed by atoms with Gasteiger partial charge in [-0.15, -0.1) is 24.0 Å². The van der Waals surface area contributed by atoms with Crippen LogP contribution < -0.4 is 10.6 Å².